The van der Waals surface area contributed by atoms with Crippen LogP contribution in [-0.4, -0.2) is 28.1 Å². The number of rotatable bonds is 3. The Morgan fingerprint density at radius 3 is 2.42 bits per heavy atom. The maximum Gasteiger partial charge on any atom is 0.257 e. The van der Waals surface area contributed by atoms with Gasteiger partial charge in [-0.1, -0.05) is 30.3 Å². The van der Waals surface area contributed by atoms with Crippen LogP contribution in [0.5, 0.6) is 0 Å². The Kier molecular flexibility index (Phi) is 3.69. The second kappa shape index (κ2) is 5.26. The molecule has 1 N–H and O–H groups in total. The lowest BCUT2D eigenvalue weighted by atomic mass is 10.1. The van der Waals surface area contributed by atoms with Crippen LogP contribution in [-0.2, 0) is 0 Å². The minimum atomic E-state index is 0.0000954. The van der Waals surface area contributed by atoms with Gasteiger partial charge in [-0.25, -0.2) is 0 Å². The van der Waals surface area contributed by atoms with Crippen molar-refractivity contribution in [3.8, 4) is 0 Å². The van der Waals surface area contributed by atoms with Crippen molar-refractivity contribution in [1.82, 2.24) is 15.1 Å². The van der Waals surface area contributed by atoms with E-state index in [0.717, 1.165) is 17.0 Å². The lowest BCUT2D eigenvalue weighted by Crippen LogP contribution is -2.30. The van der Waals surface area contributed by atoms with E-state index in [-0.39, 0.29) is 11.9 Å². The average molecular weight is 257 g/mol. The molecule has 0 fully saturated rings. The number of nitrogens with one attached hydrogen (secondary N) is 1. The topological polar surface area (TPSA) is 49.0 Å². The van der Waals surface area contributed by atoms with Gasteiger partial charge in [0.2, 0.25) is 0 Å². The summed E-state index contributed by atoms with van der Waals surface area (Å²) in [6.45, 7) is 5.74. The number of aromatic nitrogens is 2. The number of amides is 1. The third kappa shape index (κ3) is 2.52. The zero-order chi connectivity index (χ0) is 14.0. The second-order valence-corrected chi connectivity index (χ2v) is 4.81. The van der Waals surface area contributed by atoms with E-state index in [9.17, 15) is 4.79 Å². The average Bonchev–Trinajstić information content (AvgIpc) is 2.77. The van der Waals surface area contributed by atoms with E-state index in [4.69, 9.17) is 0 Å². The number of carbonyl (C=O) groups excluding carboxylic acids is 1. The molecule has 1 heterocycles. The standard InChI is InChI=1S/C15H19N3O/c1-10-14(11(2)17-16-10)15(19)18(4)12(3)13-8-6-5-7-9-13/h5-9,12H,1-4H3,(H,16,17). The van der Waals surface area contributed by atoms with Crippen molar-refractivity contribution < 1.29 is 4.79 Å². The first-order valence-electron chi connectivity index (χ1n) is 6.36. The van der Waals surface area contributed by atoms with E-state index in [2.05, 4.69) is 10.2 Å². The maximum atomic E-state index is 12.5. The number of hydrogen-bond donors (Lipinski definition) is 1. The van der Waals surface area contributed by atoms with Crippen LogP contribution >= 0.6 is 0 Å². The molecule has 1 amide bonds. The van der Waals surface area contributed by atoms with Gasteiger partial charge < -0.3 is 4.90 Å². The van der Waals surface area contributed by atoms with Crippen molar-refractivity contribution in [2.45, 2.75) is 26.8 Å². The summed E-state index contributed by atoms with van der Waals surface area (Å²) in [5.41, 5.74) is 3.35. The summed E-state index contributed by atoms with van der Waals surface area (Å²) in [5.74, 6) is 0.0000954. The molecule has 0 bridgehead atoms. The number of aryl methyl sites for hydroxylation is 2. The zero-order valence-corrected chi connectivity index (χ0v) is 11.8. The van der Waals surface area contributed by atoms with Crippen molar-refractivity contribution in [3.05, 3.63) is 52.8 Å². The number of hydrogen-bond acceptors (Lipinski definition) is 2. The molecular formula is C15H19N3O. The highest BCUT2D eigenvalue weighted by Crippen LogP contribution is 2.22. The van der Waals surface area contributed by atoms with Gasteiger partial charge in [-0.2, -0.15) is 5.10 Å². The molecule has 4 nitrogen and oxygen atoms in total. The van der Waals surface area contributed by atoms with Crippen molar-refractivity contribution in [3.63, 3.8) is 0 Å². The first-order chi connectivity index (χ1) is 9.02. The Morgan fingerprint density at radius 2 is 1.89 bits per heavy atom. The quantitative estimate of drug-likeness (QED) is 0.919. The lowest BCUT2D eigenvalue weighted by molar-refractivity contribution is 0.0741. The van der Waals surface area contributed by atoms with Crippen molar-refractivity contribution in [1.29, 1.82) is 0 Å². The van der Waals surface area contributed by atoms with Gasteiger partial charge in [-0.15, -0.1) is 0 Å². The van der Waals surface area contributed by atoms with Crippen LogP contribution in [0.2, 0.25) is 0 Å². The first-order valence-corrected chi connectivity index (χ1v) is 6.36. The Balaban J connectivity index is 2.25. The van der Waals surface area contributed by atoms with E-state index >= 15 is 0 Å². The van der Waals surface area contributed by atoms with Gasteiger partial charge >= 0.3 is 0 Å². The van der Waals surface area contributed by atoms with Gasteiger partial charge in [0.15, 0.2) is 0 Å². The largest absolute Gasteiger partial charge is 0.335 e. The third-order valence-corrected chi connectivity index (χ3v) is 3.53. The van der Waals surface area contributed by atoms with E-state index in [1.807, 2.05) is 58.2 Å². The monoisotopic (exact) mass is 257 g/mol. The normalized spacial score (nSPS) is 12.2. The third-order valence-electron chi connectivity index (χ3n) is 3.53. The summed E-state index contributed by atoms with van der Waals surface area (Å²) < 4.78 is 0. The molecule has 0 radical (unpaired) electrons. The minimum Gasteiger partial charge on any atom is -0.335 e. The van der Waals surface area contributed by atoms with Gasteiger partial charge in [0.25, 0.3) is 5.91 Å². The summed E-state index contributed by atoms with van der Waals surface area (Å²) in [6.07, 6.45) is 0. The van der Waals surface area contributed by atoms with Crippen LogP contribution < -0.4 is 0 Å². The number of carbonyl (C=O) groups is 1. The molecule has 100 valence electrons. The van der Waals surface area contributed by atoms with E-state index in [0.29, 0.717) is 5.56 Å². The van der Waals surface area contributed by atoms with Gasteiger partial charge in [0.05, 0.1) is 17.3 Å². The predicted octanol–water partition coefficient (Wildman–Crippen LogP) is 2.86. The molecule has 1 atom stereocenters. The highest BCUT2D eigenvalue weighted by molar-refractivity contribution is 5.96. The van der Waals surface area contributed by atoms with E-state index in [1.165, 1.54) is 0 Å². The highest BCUT2D eigenvalue weighted by atomic mass is 16.2. The number of H-pyrrole nitrogens is 1. The molecule has 0 aliphatic heterocycles. The van der Waals surface area contributed by atoms with Crippen molar-refractivity contribution in [2.75, 3.05) is 7.05 Å². The summed E-state index contributed by atoms with van der Waals surface area (Å²) in [4.78, 5) is 14.3. The molecule has 2 aromatic rings. The lowest BCUT2D eigenvalue weighted by Gasteiger charge is -2.25. The smallest absolute Gasteiger partial charge is 0.257 e. The van der Waals surface area contributed by atoms with Crippen LogP contribution in [0, 0.1) is 13.8 Å². The molecule has 1 unspecified atom stereocenters. The number of nitrogens with zero attached hydrogens (tertiary/aromatic N) is 2. The van der Waals surface area contributed by atoms with E-state index < -0.39 is 0 Å². The molecule has 2 rings (SSSR count). The first kappa shape index (κ1) is 13.3. The van der Waals surface area contributed by atoms with Crippen LogP contribution in [0.1, 0.15) is 40.3 Å². The molecule has 0 spiro atoms. The fourth-order valence-electron chi connectivity index (χ4n) is 2.17. The summed E-state index contributed by atoms with van der Waals surface area (Å²) in [6, 6.07) is 10.0. The second-order valence-electron chi connectivity index (χ2n) is 4.81. The molecule has 1 aromatic heterocycles. The molecular weight excluding hydrogens is 238 g/mol. The Bertz CT molecular complexity index is 555. The fraction of sp³-hybridized carbons (Fsp3) is 0.333. The molecule has 4 heteroatoms. The SMILES string of the molecule is Cc1n[nH]c(C)c1C(=O)N(C)C(C)c1ccccc1. The summed E-state index contributed by atoms with van der Waals surface area (Å²) >= 11 is 0. The van der Waals surface area contributed by atoms with Crippen molar-refractivity contribution >= 4 is 5.91 Å². The van der Waals surface area contributed by atoms with Gasteiger partial charge in [0, 0.05) is 12.7 Å². The molecule has 1 aromatic carbocycles. The molecule has 19 heavy (non-hydrogen) atoms. The predicted molar refractivity (Wildman–Crippen MR) is 75.0 cm³/mol. The van der Waals surface area contributed by atoms with Crippen LogP contribution in [0.15, 0.2) is 30.3 Å². The van der Waals surface area contributed by atoms with E-state index in [1.54, 1.807) is 4.90 Å². The molecule has 0 saturated carbocycles. The molecule has 0 saturated heterocycles. The maximum absolute atomic E-state index is 12.5. The Morgan fingerprint density at radius 1 is 1.26 bits per heavy atom. The number of aromatic amines is 1. The van der Waals surface area contributed by atoms with Crippen LogP contribution in [0.25, 0.3) is 0 Å². The zero-order valence-electron chi connectivity index (χ0n) is 11.8. The summed E-state index contributed by atoms with van der Waals surface area (Å²) in [7, 11) is 1.83. The van der Waals surface area contributed by atoms with Crippen LogP contribution in [0.3, 0.4) is 0 Å². The summed E-state index contributed by atoms with van der Waals surface area (Å²) in [5, 5.41) is 6.93. The Labute approximate surface area is 113 Å². The minimum absolute atomic E-state index is 0.0000954. The molecule has 0 aliphatic carbocycles. The fourth-order valence-corrected chi connectivity index (χ4v) is 2.17. The molecule has 0 aliphatic rings. The number of benzene rings is 1. The van der Waals surface area contributed by atoms with Crippen molar-refractivity contribution in [2.24, 2.45) is 0 Å². The Hall–Kier alpha value is -2.10. The van der Waals surface area contributed by atoms with Gasteiger partial charge in [0.1, 0.15) is 0 Å². The highest BCUT2D eigenvalue weighted by Gasteiger charge is 2.23. The van der Waals surface area contributed by atoms with Crippen LogP contribution in [0.4, 0.5) is 0 Å². The van der Waals surface area contributed by atoms with Gasteiger partial charge in [-0.05, 0) is 26.3 Å². The van der Waals surface area contributed by atoms with Gasteiger partial charge in [-0.3, -0.25) is 9.89 Å².